The molecule has 9 nitrogen and oxygen atoms in total. The van der Waals surface area contributed by atoms with Gasteiger partial charge in [0.1, 0.15) is 23.9 Å². The van der Waals surface area contributed by atoms with Crippen LogP contribution in [0.5, 0.6) is 5.75 Å². The zero-order valence-electron chi connectivity index (χ0n) is 22.6. The number of Topliss-reactive ketones (excluding diaryl/α,β-unsaturated/α-hetero) is 1. The molecule has 3 aromatic carbocycles. The number of para-hydroxylation sites is 1. The Morgan fingerprint density at radius 2 is 1.74 bits per heavy atom. The van der Waals surface area contributed by atoms with Crippen molar-refractivity contribution in [3.05, 3.63) is 83.9 Å². The molecule has 4 rings (SSSR count). The SMILES string of the molecule is COc1ccc([C@H](C(=O)NCCC(C)C)N(C(=O)Cn2nnc3ccccc32)c2cccc(C(C)=O)c2)cc1. The van der Waals surface area contributed by atoms with Crippen molar-refractivity contribution >= 4 is 34.3 Å². The topological polar surface area (TPSA) is 106 Å². The number of nitrogens with one attached hydrogen (secondary N) is 1. The molecule has 0 spiro atoms. The molecule has 1 N–H and O–H groups in total. The molecule has 0 saturated heterocycles. The van der Waals surface area contributed by atoms with Crippen LogP contribution in [0.2, 0.25) is 0 Å². The van der Waals surface area contributed by atoms with E-state index in [1.807, 2.05) is 24.3 Å². The first kappa shape index (κ1) is 27.5. The number of fused-ring (bicyclic) bond motifs is 1. The third-order valence-corrected chi connectivity index (χ3v) is 6.46. The fourth-order valence-corrected chi connectivity index (χ4v) is 4.33. The molecular formula is C30H33N5O4. The number of hydrogen-bond acceptors (Lipinski definition) is 6. The van der Waals surface area contributed by atoms with Gasteiger partial charge >= 0.3 is 0 Å². The van der Waals surface area contributed by atoms with Crippen molar-refractivity contribution in [2.75, 3.05) is 18.6 Å². The van der Waals surface area contributed by atoms with Gasteiger partial charge in [-0.1, -0.05) is 55.5 Å². The Labute approximate surface area is 227 Å². The number of benzene rings is 3. The molecule has 1 aromatic heterocycles. The molecule has 1 heterocycles. The number of carbonyl (C=O) groups excluding carboxylic acids is 3. The van der Waals surface area contributed by atoms with Gasteiger partial charge < -0.3 is 10.1 Å². The first-order valence-corrected chi connectivity index (χ1v) is 12.9. The zero-order valence-corrected chi connectivity index (χ0v) is 22.6. The third-order valence-electron chi connectivity index (χ3n) is 6.46. The van der Waals surface area contributed by atoms with Gasteiger partial charge in [0.2, 0.25) is 11.8 Å². The van der Waals surface area contributed by atoms with E-state index >= 15 is 0 Å². The number of methoxy groups -OCH3 is 1. The minimum Gasteiger partial charge on any atom is -0.497 e. The summed E-state index contributed by atoms with van der Waals surface area (Å²) in [6.45, 7) is 5.94. The lowest BCUT2D eigenvalue weighted by Crippen LogP contribution is -2.45. The second kappa shape index (κ2) is 12.3. The van der Waals surface area contributed by atoms with Crippen LogP contribution < -0.4 is 15.0 Å². The normalized spacial score (nSPS) is 11.8. The maximum Gasteiger partial charge on any atom is 0.249 e. The maximum atomic E-state index is 14.1. The Morgan fingerprint density at radius 3 is 2.44 bits per heavy atom. The van der Waals surface area contributed by atoms with Crippen molar-refractivity contribution < 1.29 is 19.1 Å². The number of ether oxygens (including phenoxy) is 1. The highest BCUT2D eigenvalue weighted by molar-refractivity contribution is 6.03. The van der Waals surface area contributed by atoms with Crippen LogP contribution in [0.25, 0.3) is 11.0 Å². The molecule has 4 aromatic rings. The van der Waals surface area contributed by atoms with Gasteiger partial charge in [0.05, 0.1) is 12.6 Å². The van der Waals surface area contributed by atoms with Crippen LogP contribution in [0.15, 0.2) is 72.8 Å². The molecule has 1 atom stereocenters. The summed E-state index contributed by atoms with van der Waals surface area (Å²) in [5.74, 6) is 0.171. The molecule has 0 aliphatic rings. The first-order chi connectivity index (χ1) is 18.8. The van der Waals surface area contributed by atoms with Gasteiger partial charge in [0.25, 0.3) is 0 Å². The average Bonchev–Trinajstić information content (AvgIpc) is 3.34. The summed E-state index contributed by atoms with van der Waals surface area (Å²) in [6, 6.07) is 20.1. The smallest absolute Gasteiger partial charge is 0.249 e. The van der Waals surface area contributed by atoms with Crippen molar-refractivity contribution in [1.82, 2.24) is 20.3 Å². The van der Waals surface area contributed by atoms with Crippen LogP contribution in [-0.2, 0) is 16.1 Å². The van der Waals surface area contributed by atoms with E-state index in [1.54, 1.807) is 55.6 Å². The predicted molar refractivity (Wildman–Crippen MR) is 150 cm³/mol. The van der Waals surface area contributed by atoms with Gasteiger partial charge in [-0.25, -0.2) is 4.68 Å². The number of aromatic nitrogens is 3. The molecule has 2 amide bonds. The highest BCUT2D eigenvalue weighted by Gasteiger charge is 2.33. The van der Waals surface area contributed by atoms with Crippen molar-refractivity contribution in [2.45, 2.75) is 39.8 Å². The van der Waals surface area contributed by atoms with Gasteiger partial charge in [0.15, 0.2) is 5.78 Å². The highest BCUT2D eigenvalue weighted by Crippen LogP contribution is 2.31. The monoisotopic (exact) mass is 527 g/mol. The molecule has 0 fully saturated rings. The fraction of sp³-hybridized carbons (Fsp3) is 0.300. The molecule has 202 valence electrons. The summed E-state index contributed by atoms with van der Waals surface area (Å²) in [5, 5.41) is 11.3. The second-order valence-corrected chi connectivity index (χ2v) is 9.76. The lowest BCUT2D eigenvalue weighted by molar-refractivity contribution is -0.127. The number of carbonyl (C=O) groups is 3. The van der Waals surface area contributed by atoms with E-state index in [2.05, 4.69) is 29.5 Å². The molecule has 0 aliphatic carbocycles. The molecule has 39 heavy (non-hydrogen) atoms. The van der Waals surface area contributed by atoms with Crippen molar-refractivity contribution in [1.29, 1.82) is 0 Å². The molecule has 0 bridgehead atoms. The van der Waals surface area contributed by atoms with Crippen LogP contribution in [0, 0.1) is 5.92 Å². The standard InChI is InChI=1S/C30H33N5O4/c1-20(2)16-17-31-30(38)29(22-12-14-25(39-4)15-13-22)35(24-9-7-8-23(18-24)21(3)36)28(37)19-34-27-11-6-5-10-26(27)32-33-34/h5-15,18,20,29H,16-17,19H2,1-4H3,(H,31,38)/t29-/m1/s1. The largest absolute Gasteiger partial charge is 0.497 e. The van der Waals surface area contributed by atoms with Crippen LogP contribution in [0.1, 0.15) is 49.2 Å². The average molecular weight is 528 g/mol. The van der Waals surface area contributed by atoms with E-state index < -0.39 is 6.04 Å². The minimum absolute atomic E-state index is 0.145. The van der Waals surface area contributed by atoms with Crippen LogP contribution in [0.4, 0.5) is 5.69 Å². The molecule has 9 heteroatoms. The Kier molecular flexibility index (Phi) is 8.70. The van der Waals surface area contributed by atoms with E-state index in [-0.39, 0.29) is 24.1 Å². The summed E-state index contributed by atoms with van der Waals surface area (Å²) < 4.78 is 6.82. The first-order valence-electron chi connectivity index (χ1n) is 12.9. The zero-order chi connectivity index (χ0) is 27.9. The predicted octanol–water partition coefficient (Wildman–Crippen LogP) is 4.58. The van der Waals surface area contributed by atoms with Gasteiger partial charge in [-0.3, -0.25) is 19.3 Å². The third kappa shape index (κ3) is 6.49. The number of amides is 2. The van der Waals surface area contributed by atoms with E-state index in [1.165, 1.54) is 16.5 Å². The Morgan fingerprint density at radius 1 is 1.00 bits per heavy atom. The number of nitrogens with zero attached hydrogens (tertiary/aromatic N) is 4. The van der Waals surface area contributed by atoms with Gasteiger partial charge in [-0.05, 0) is 61.2 Å². The molecular weight excluding hydrogens is 494 g/mol. The number of ketones is 1. The lowest BCUT2D eigenvalue weighted by atomic mass is 10.0. The molecule has 0 saturated carbocycles. The van der Waals surface area contributed by atoms with E-state index in [0.717, 1.165) is 6.42 Å². The highest BCUT2D eigenvalue weighted by atomic mass is 16.5. The summed E-state index contributed by atoms with van der Waals surface area (Å²) in [7, 11) is 1.57. The van der Waals surface area contributed by atoms with Gasteiger partial charge in [-0.2, -0.15) is 0 Å². The number of anilines is 1. The minimum atomic E-state index is -1.01. The summed E-state index contributed by atoms with van der Waals surface area (Å²) in [5.41, 5.74) is 2.82. The van der Waals surface area contributed by atoms with Gasteiger partial charge in [0, 0.05) is 17.8 Å². The summed E-state index contributed by atoms with van der Waals surface area (Å²) in [4.78, 5) is 41.6. The maximum absolute atomic E-state index is 14.1. The number of hydrogen-bond donors (Lipinski definition) is 1. The van der Waals surface area contributed by atoms with Crippen LogP contribution in [0.3, 0.4) is 0 Å². The second-order valence-electron chi connectivity index (χ2n) is 9.76. The Balaban J connectivity index is 1.80. The summed E-state index contributed by atoms with van der Waals surface area (Å²) in [6.07, 6.45) is 0.791. The van der Waals surface area contributed by atoms with Crippen LogP contribution >= 0.6 is 0 Å². The van der Waals surface area contributed by atoms with Crippen molar-refractivity contribution in [2.24, 2.45) is 5.92 Å². The molecule has 0 unspecified atom stereocenters. The molecule has 0 radical (unpaired) electrons. The Hall–Kier alpha value is -4.53. The Bertz CT molecular complexity index is 1460. The molecule has 0 aliphatic heterocycles. The van der Waals surface area contributed by atoms with E-state index in [0.29, 0.717) is 46.1 Å². The van der Waals surface area contributed by atoms with Crippen LogP contribution in [-0.4, -0.2) is 46.2 Å². The van der Waals surface area contributed by atoms with E-state index in [4.69, 9.17) is 4.74 Å². The van der Waals surface area contributed by atoms with Crippen molar-refractivity contribution in [3.63, 3.8) is 0 Å². The fourth-order valence-electron chi connectivity index (χ4n) is 4.33. The summed E-state index contributed by atoms with van der Waals surface area (Å²) >= 11 is 0. The quantitative estimate of drug-likeness (QED) is 0.286. The number of rotatable bonds is 11. The lowest BCUT2D eigenvalue weighted by Gasteiger charge is -2.32. The van der Waals surface area contributed by atoms with Gasteiger partial charge in [-0.15, -0.1) is 5.10 Å². The van der Waals surface area contributed by atoms with Crippen molar-refractivity contribution in [3.8, 4) is 5.75 Å². The van der Waals surface area contributed by atoms with E-state index in [9.17, 15) is 14.4 Å².